The summed E-state index contributed by atoms with van der Waals surface area (Å²) in [6, 6.07) is 2.01. The molecule has 0 saturated heterocycles. The molecule has 1 aromatic heterocycles. The number of nitrogens with zero attached hydrogens (tertiary/aromatic N) is 2. The molecule has 0 spiro atoms. The summed E-state index contributed by atoms with van der Waals surface area (Å²) in [5, 5.41) is 12.8. The van der Waals surface area contributed by atoms with Gasteiger partial charge in [-0.15, -0.1) is 0 Å². The Kier molecular flexibility index (Phi) is 4.70. The van der Waals surface area contributed by atoms with E-state index in [-0.39, 0.29) is 11.0 Å². The highest BCUT2D eigenvalue weighted by atomic mass is 79.9. The van der Waals surface area contributed by atoms with Crippen molar-refractivity contribution in [3.05, 3.63) is 22.4 Å². The monoisotopic (exact) mass is 369 g/mol. The molecule has 5 nitrogen and oxygen atoms in total. The molecule has 0 radical (unpaired) electrons. The van der Waals surface area contributed by atoms with Gasteiger partial charge in [0, 0.05) is 28.5 Å². The maximum atomic E-state index is 11.5. The Morgan fingerprint density at radius 1 is 1.50 bits per heavy atom. The Bertz CT molecular complexity index is 565. The first kappa shape index (κ1) is 17.1. The van der Waals surface area contributed by atoms with E-state index < -0.39 is 6.09 Å². The van der Waals surface area contributed by atoms with Crippen molar-refractivity contribution in [2.24, 2.45) is 5.41 Å². The van der Waals surface area contributed by atoms with Crippen molar-refractivity contribution >= 4 is 27.7 Å². The Hall–Kier alpha value is -1.30. The zero-order chi connectivity index (χ0) is 16.5. The molecule has 6 heteroatoms. The van der Waals surface area contributed by atoms with Crippen molar-refractivity contribution in [1.29, 1.82) is 0 Å². The van der Waals surface area contributed by atoms with Crippen LogP contribution in [-0.4, -0.2) is 39.7 Å². The van der Waals surface area contributed by atoms with Crippen molar-refractivity contribution in [3.8, 4) is 0 Å². The van der Waals surface area contributed by atoms with E-state index in [1.54, 1.807) is 4.90 Å². The Morgan fingerprint density at radius 2 is 2.14 bits per heavy atom. The summed E-state index contributed by atoms with van der Waals surface area (Å²) in [6.45, 7) is 9.09. The van der Waals surface area contributed by atoms with Crippen molar-refractivity contribution in [3.63, 3.8) is 0 Å². The maximum Gasteiger partial charge on any atom is 0.407 e. The van der Waals surface area contributed by atoms with Gasteiger partial charge in [0.2, 0.25) is 0 Å². The van der Waals surface area contributed by atoms with Crippen molar-refractivity contribution in [2.75, 3.05) is 18.4 Å². The van der Waals surface area contributed by atoms with Crippen LogP contribution in [0.1, 0.15) is 39.3 Å². The van der Waals surface area contributed by atoms with Gasteiger partial charge in [-0.25, -0.2) is 4.79 Å². The zero-order valence-corrected chi connectivity index (χ0v) is 15.2. The lowest BCUT2D eigenvalue weighted by atomic mass is 10.0. The minimum atomic E-state index is -0.849. The van der Waals surface area contributed by atoms with E-state index in [0.717, 1.165) is 35.2 Å². The van der Waals surface area contributed by atoms with E-state index in [0.29, 0.717) is 6.54 Å². The fourth-order valence-corrected chi connectivity index (χ4v) is 2.74. The Balaban J connectivity index is 1.99. The van der Waals surface area contributed by atoms with Crippen LogP contribution in [0.5, 0.6) is 0 Å². The van der Waals surface area contributed by atoms with Crippen molar-refractivity contribution < 1.29 is 9.90 Å². The summed E-state index contributed by atoms with van der Waals surface area (Å²) in [7, 11) is 0. The molecule has 0 unspecified atom stereocenters. The normalized spacial score (nSPS) is 16.2. The number of aromatic nitrogens is 1. The molecule has 0 atom stereocenters. The van der Waals surface area contributed by atoms with Crippen LogP contribution in [0.15, 0.2) is 16.7 Å². The van der Waals surface area contributed by atoms with Crippen molar-refractivity contribution in [2.45, 2.75) is 46.1 Å². The third-order valence-electron chi connectivity index (χ3n) is 4.18. The number of nitrogens with one attached hydrogen (secondary N) is 1. The first-order valence-electron chi connectivity index (χ1n) is 7.50. The van der Waals surface area contributed by atoms with E-state index in [4.69, 9.17) is 0 Å². The molecule has 2 N–H and O–H groups in total. The second-order valence-corrected chi connectivity index (χ2v) is 8.04. The number of hydrogen-bond donors (Lipinski definition) is 2. The van der Waals surface area contributed by atoms with E-state index in [1.807, 2.05) is 40.0 Å². The van der Waals surface area contributed by atoms with Gasteiger partial charge in [-0.2, -0.15) is 0 Å². The van der Waals surface area contributed by atoms with Crippen LogP contribution >= 0.6 is 15.9 Å². The average Bonchev–Trinajstić information content (AvgIpc) is 3.16. The van der Waals surface area contributed by atoms with Gasteiger partial charge in [-0.1, -0.05) is 0 Å². The molecule has 1 aliphatic carbocycles. The number of pyridine rings is 1. The van der Waals surface area contributed by atoms with E-state index in [1.165, 1.54) is 0 Å². The fraction of sp³-hybridized carbons (Fsp3) is 0.625. The van der Waals surface area contributed by atoms with Crippen LogP contribution < -0.4 is 5.32 Å². The highest BCUT2D eigenvalue weighted by Crippen LogP contribution is 2.47. The minimum Gasteiger partial charge on any atom is -0.465 e. The van der Waals surface area contributed by atoms with Gasteiger partial charge in [0.25, 0.3) is 0 Å². The highest BCUT2D eigenvalue weighted by molar-refractivity contribution is 9.10. The molecule has 2 rings (SSSR count). The van der Waals surface area contributed by atoms with Crippen LogP contribution in [0.3, 0.4) is 0 Å². The molecular formula is C16H24BrN3O2. The lowest BCUT2D eigenvalue weighted by Crippen LogP contribution is -2.48. The predicted molar refractivity (Wildman–Crippen MR) is 91.3 cm³/mol. The van der Waals surface area contributed by atoms with Crippen LogP contribution in [0.2, 0.25) is 0 Å². The second kappa shape index (κ2) is 6.07. The third kappa shape index (κ3) is 4.12. The van der Waals surface area contributed by atoms with Crippen LogP contribution in [0.25, 0.3) is 0 Å². The molecule has 22 heavy (non-hydrogen) atoms. The first-order chi connectivity index (χ1) is 10.1. The quantitative estimate of drug-likeness (QED) is 0.818. The summed E-state index contributed by atoms with van der Waals surface area (Å²) in [5.74, 6) is 0. The van der Waals surface area contributed by atoms with Gasteiger partial charge >= 0.3 is 6.09 Å². The number of hydrogen-bond acceptors (Lipinski definition) is 3. The molecule has 1 amide bonds. The number of anilines is 1. The number of halogens is 1. The van der Waals surface area contributed by atoms with E-state index >= 15 is 0 Å². The van der Waals surface area contributed by atoms with Gasteiger partial charge in [0.05, 0.1) is 17.6 Å². The maximum absolute atomic E-state index is 11.5. The predicted octanol–water partition coefficient (Wildman–Crippen LogP) is 4.12. The van der Waals surface area contributed by atoms with Crippen LogP contribution in [-0.2, 0) is 0 Å². The molecule has 1 saturated carbocycles. The average molecular weight is 370 g/mol. The molecular weight excluding hydrogens is 346 g/mol. The van der Waals surface area contributed by atoms with Gasteiger partial charge in [0.1, 0.15) is 0 Å². The number of rotatable bonds is 5. The van der Waals surface area contributed by atoms with Gasteiger partial charge in [-0.05, 0) is 62.5 Å². The molecule has 1 heterocycles. The lowest BCUT2D eigenvalue weighted by molar-refractivity contribution is 0.0866. The van der Waals surface area contributed by atoms with Crippen LogP contribution in [0.4, 0.5) is 10.5 Å². The molecule has 0 bridgehead atoms. The molecule has 1 aliphatic rings. The number of carbonyl (C=O) groups is 1. The molecule has 1 fully saturated rings. The van der Waals surface area contributed by atoms with Crippen LogP contribution in [0, 0.1) is 12.3 Å². The zero-order valence-electron chi connectivity index (χ0n) is 13.6. The summed E-state index contributed by atoms with van der Waals surface area (Å²) >= 11 is 3.48. The topological polar surface area (TPSA) is 65.5 Å². The fourth-order valence-electron chi connectivity index (χ4n) is 2.39. The molecule has 0 aromatic carbocycles. The second-order valence-electron chi connectivity index (χ2n) is 7.18. The molecule has 122 valence electrons. The Labute approximate surface area is 140 Å². The third-order valence-corrected chi connectivity index (χ3v) is 4.99. The largest absolute Gasteiger partial charge is 0.465 e. The SMILES string of the molecule is Cc1ncc(NCC2(CN(C(=O)O)C(C)(C)C)CC2)cc1Br. The summed E-state index contributed by atoms with van der Waals surface area (Å²) in [5.41, 5.74) is 1.58. The minimum absolute atomic E-state index is 0.0447. The lowest BCUT2D eigenvalue weighted by Gasteiger charge is -2.36. The number of aryl methyl sites for hydroxylation is 1. The smallest absolute Gasteiger partial charge is 0.407 e. The van der Waals surface area contributed by atoms with Gasteiger partial charge in [0.15, 0.2) is 0 Å². The molecule has 0 aliphatic heterocycles. The van der Waals surface area contributed by atoms with Crippen molar-refractivity contribution in [1.82, 2.24) is 9.88 Å². The number of amides is 1. The van der Waals surface area contributed by atoms with E-state index in [9.17, 15) is 9.90 Å². The summed E-state index contributed by atoms with van der Waals surface area (Å²) in [4.78, 5) is 17.4. The van der Waals surface area contributed by atoms with Gasteiger partial charge < -0.3 is 15.3 Å². The number of carboxylic acid groups (broad SMARTS) is 1. The van der Waals surface area contributed by atoms with E-state index in [2.05, 4.69) is 26.2 Å². The standard InChI is InChI=1S/C16H24BrN3O2/c1-11-13(17)7-12(8-18-11)19-9-16(5-6-16)10-20(14(21)22)15(2,3)4/h7-8,19H,5-6,9-10H2,1-4H3,(H,21,22). The summed E-state index contributed by atoms with van der Waals surface area (Å²) in [6.07, 6.45) is 3.08. The highest BCUT2D eigenvalue weighted by Gasteiger charge is 2.46. The van der Waals surface area contributed by atoms with Gasteiger partial charge in [-0.3, -0.25) is 4.98 Å². The Morgan fingerprint density at radius 3 is 2.59 bits per heavy atom. The summed E-state index contributed by atoms with van der Waals surface area (Å²) < 4.78 is 0.976. The first-order valence-corrected chi connectivity index (χ1v) is 8.29. The molecule has 1 aromatic rings.